The first-order valence-corrected chi connectivity index (χ1v) is 6.03. The highest BCUT2D eigenvalue weighted by Gasteiger charge is 2.36. The van der Waals surface area contributed by atoms with E-state index in [0.717, 1.165) is 16.9 Å². The maximum atomic E-state index is 12.5. The van der Waals surface area contributed by atoms with Crippen LogP contribution in [0.5, 0.6) is 0 Å². The summed E-state index contributed by atoms with van der Waals surface area (Å²) in [6, 6.07) is 8.55. The van der Waals surface area contributed by atoms with Gasteiger partial charge in [-0.2, -0.15) is 18.4 Å². The molecule has 1 heterocycles. The van der Waals surface area contributed by atoms with Crippen LogP contribution >= 0.6 is 23.7 Å². The Labute approximate surface area is 123 Å². The molecule has 0 aliphatic heterocycles. The number of rotatable bonds is 2. The predicted octanol–water partition coefficient (Wildman–Crippen LogP) is 3.63. The van der Waals surface area contributed by atoms with Crippen LogP contribution in [-0.4, -0.2) is 4.98 Å². The minimum absolute atomic E-state index is 0. The number of nitriles is 1. The van der Waals surface area contributed by atoms with Crippen molar-refractivity contribution in [3.05, 3.63) is 46.1 Å². The molecule has 2 rings (SSSR count). The van der Waals surface area contributed by atoms with Gasteiger partial charge < -0.3 is 5.73 Å². The Morgan fingerprint density at radius 2 is 1.85 bits per heavy atom. The molecule has 0 aliphatic rings. The van der Waals surface area contributed by atoms with Crippen molar-refractivity contribution in [2.45, 2.75) is 12.6 Å². The summed E-state index contributed by atoms with van der Waals surface area (Å²) in [6.07, 6.45) is -4.26. The molecule has 0 amide bonds. The third-order valence-corrected chi connectivity index (χ3v) is 3.29. The second kappa shape index (κ2) is 6.11. The molecule has 1 aromatic heterocycles. The molecule has 2 N–H and O–H groups in total. The zero-order chi connectivity index (χ0) is 14.0. The van der Waals surface area contributed by atoms with Gasteiger partial charge in [0.2, 0.25) is 0 Å². The van der Waals surface area contributed by atoms with Crippen molar-refractivity contribution in [3.63, 3.8) is 0 Å². The molecule has 20 heavy (non-hydrogen) atoms. The molecule has 3 nitrogen and oxygen atoms in total. The zero-order valence-corrected chi connectivity index (χ0v) is 11.6. The monoisotopic (exact) mass is 319 g/mol. The van der Waals surface area contributed by atoms with Crippen LogP contribution in [0, 0.1) is 11.3 Å². The number of nitrogens with two attached hydrogens (primary N) is 1. The smallest absolute Gasteiger partial charge is 0.389 e. The predicted molar refractivity (Wildman–Crippen MR) is 72.7 cm³/mol. The van der Waals surface area contributed by atoms with Gasteiger partial charge in [-0.25, -0.2) is 4.98 Å². The Bertz CT molecular complexity index is 629. The quantitative estimate of drug-likeness (QED) is 0.919. The van der Waals surface area contributed by atoms with Gasteiger partial charge in [0.05, 0.1) is 16.6 Å². The highest BCUT2D eigenvalue weighted by atomic mass is 35.5. The molecule has 0 fully saturated rings. The van der Waals surface area contributed by atoms with Crippen LogP contribution in [0.25, 0.3) is 0 Å². The first-order valence-electron chi connectivity index (χ1n) is 5.21. The summed E-state index contributed by atoms with van der Waals surface area (Å²) in [5.74, 6) is 0. The second-order valence-electron chi connectivity index (χ2n) is 3.80. The van der Waals surface area contributed by atoms with Crippen LogP contribution in [0.2, 0.25) is 0 Å². The van der Waals surface area contributed by atoms with E-state index in [4.69, 9.17) is 11.0 Å². The van der Waals surface area contributed by atoms with E-state index in [1.54, 1.807) is 24.3 Å². The molecule has 106 valence electrons. The van der Waals surface area contributed by atoms with Crippen LogP contribution in [-0.2, 0) is 12.6 Å². The Kier molecular flexibility index (Phi) is 4.98. The normalized spacial score (nSPS) is 10.7. The van der Waals surface area contributed by atoms with Crippen molar-refractivity contribution in [3.8, 4) is 6.07 Å². The average molecular weight is 320 g/mol. The lowest BCUT2D eigenvalue weighted by Gasteiger charge is -2.02. The van der Waals surface area contributed by atoms with E-state index in [9.17, 15) is 13.2 Å². The first kappa shape index (κ1) is 16.3. The standard InChI is InChI=1S/C12H8F3N3S.ClH/c13-12(14,15)10-11(17)19-9(18-10)5-7-1-3-8(6-16)4-2-7;/h1-4H,5,17H2;1H. The van der Waals surface area contributed by atoms with E-state index in [0.29, 0.717) is 10.6 Å². The summed E-state index contributed by atoms with van der Waals surface area (Å²) in [5, 5.41) is 8.62. The van der Waals surface area contributed by atoms with Crippen LogP contribution in [0.15, 0.2) is 24.3 Å². The minimum Gasteiger partial charge on any atom is -0.389 e. The fourth-order valence-electron chi connectivity index (χ4n) is 1.53. The van der Waals surface area contributed by atoms with E-state index in [-0.39, 0.29) is 23.8 Å². The topological polar surface area (TPSA) is 62.7 Å². The summed E-state index contributed by atoms with van der Waals surface area (Å²) >= 11 is 0.828. The van der Waals surface area contributed by atoms with Gasteiger partial charge >= 0.3 is 6.18 Å². The van der Waals surface area contributed by atoms with Gasteiger partial charge in [0, 0.05) is 6.42 Å². The number of hydrogen-bond acceptors (Lipinski definition) is 4. The lowest BCUT2D eigenvalue weighted by molar-refractivity contribution is -0.140. The molecule has 0 unspecified atom stereocenters. The Hall–Kier alpha value is -1.78. The van der Waals surface area contributed by atoms with Crippen molar-refractivity contribution < 1.29 is 13.2 Å². The molecule has 0 aliphatic carbocycles. The number of alkyl halides is 3. The SMILES string of the molecule is Cl.N#Cc1ccc(Cc2nc(C(F)(F)F)c(N)s2)cc1. The maximum absolute atomic E-state index is 12.5. The summed E-state index contributed by atoms with van der Waals surface area (Å²) in [6.45, 7) is 0. The van der Waals surface area contributed by atoms with Crippen molar-refractivity contribution in [2.24, 2.45) is 0 Å². The van der Waals surface area contributed by atoms with Crippen molar-refractivity contribution in [2.75, 3.05) is 5.73 Å². The molecule has 1 aromatic carbocycles. The Balaban J connectivity index is 0.00000200. The van der Waals surface area contributed by atoms with Gasteiger partial charge in [0.25, 0.3) is 0 Å². The summed E-state index contributed by atoms with van der Waals surface area (Å²) in [4.78, 5) is 3.52. The molecule has 2 aromatic rings. The number of thiazole rings is 1. The number of anilines is 1. The molecular formula is C12H9ClF3N3S. The third-order valence-electron chi connectivity index (χ3n) is 2.40. The molecule has 0 bridgehead atoms. The van der Waals surface area contributed by atoms with Crippen LogP contribution in [0.1, 0.15) is 21.8 Å². The van der Waals surface area contributed by atoms with E-state index < -0.39 is 11.9 Å². The molecule has 8 heteroatoms. The number of halogens is 4. The molecular weight excluding hydrogens is 311 g/mol. The van der Waals surface area contributed by atoms with Crippen molar-refractivity contribution in [1.29, 1.82) is 5.26 Å². The van der Waals surface area contributed by atoms with Crippen molar-refractivity contribution in [1.82, 2.24) is 4.98 Å². The van der Waals surface area contributed by atoms with Crippen molar-refractivity contribution >= 4 is 28.7 Å². The number of benzene rings is 1. The Morgan fingerprint density at radius 3 is 2.30 bits per heavy atom. The molecule has 0 saturated heterocycles. The first-order chi connectivity index (χ1) is 8.90. The molecule has 0 atom stereocenters. The molecule has 0 saturated carbocycles. The van der Waals surface area contributed by atoms with Gasteiger partial charge in [0.15, 0.2) is 5.69 Å². The summed E-state index contributed by atoms with van der Waals surface area (Å²) < 4.78 is 37.6. The number of hydrogen-bond donors (Lipinski definition) is 1. The van der Waals surface area contributed by atoms with Gasteiger partial charge in [-0.05, 0) is 17.7 Å². The Morgan fingerprint density at radius 1 is 1.25 bits per heavy atom. The van der Waals surface area contributed by atoms with E-state index in [1.807, 2.05) is 6.07 Å². The minimum atomic E-state index is -4.52. The van der Waals surface area contributed by atoms with Gasteiger partial charge in [-0.15, -0.1) is 23.7 Å². The maximum Gasteiger partial charge on any atom is 0.436 e. The number of nitrogen functional groups attached to an aromatic ring is 1. The summed E-state index contributed by atoms with van der Waals surface area (Å²) in [5.41, 5.74) is 5.57. The number of nitrogens with zero attached hydrogens (tertiary/aromatic N) is 2. The van der Waals surface area contributed by atoms with E-state index >= 15 is 0 Å². The van der Waals surface area contributed by atoms with Crippen LogP contribution < -0.4 is 5.73 Å². The average Bonchev–Trinajstić information content (AvgIpc) is 2.71. The molecule has 0 radical (unpaired) electrons. The highest BCUT2D eigenvalue weighted by Crippen LogP contribution is 2.36. The summed E-state index contributed by atoms with van der Waals surface area (Å²) in [7, 11) is 0. The largest absolute Gasteiger partial charge is 0.436 e. The zero-order valence-electron chi connectivity index (χ0n) is 9.94. The second-order valence-corrected chi connectivity index (χ2v) is 4.92. The van der Waals surface area contributed by atoms with Gasteiger partial charge in [-0.1, -0.05) is 12.1 Å². The fraction of sp³-hybridized carbons (Fsp3) is 0.167. The van der Waals surface area contributed by atoms with E-state index in [2.05, 4.69) is 4.98 Å². The van der Waals surface area contributed by atoms with Gasteiger partial charge in [-0.3, -0.25) is 0 Å². The van der Waals surface area contributed by atoms with Crippen LogP contribution in [0.4, 0.5) is 18.2 Å². The fourth-order valence-corrected chi connectivity index (χ4v) is 2.42. The van der Waals surface area contributed by atoms with E-state index in [1.165, 1.54) is 0 Å². The van der Waals surface area contributed by atoms with Crippen LogP contribution in [0.3, 0.4) is 0 Å². The lowest BCUT2D eigenvalue weighted by atomic mass is 10.1. The highest BCUT2D eigenvalue weighted by molar-refractivity contribution is 7.15. The number of aromatic nitrogens is 1. The lowest BCUT2D eigenvalue weighted by Crippen LogP contribution is -2.08. The third kappa shape index (κ3) is 3.62. The van der Waals surface area contributed by atoms with Gasteiger partial charge in [0.1, 0.15) is 5.00 Å². The molecule has 0 spiro atoms.